The zero-order valence-electron chi connectivity index (χ0n) is 16.6. The lowest BCUT2D eigenvalue weighted by Crippen LogP contribution is -2.25. The molecule has 4 rings (SSSR count). The number of hydrogen-bond donors (Lipinski definition) is 3. The van der Waals surface area contributed by atoms with Crippen molar-refractivity contribution in [3.8, 4) is 0 Å². The van der Waals surface area contributed by atoms with Gasteiger partial charge in [0.2, 0.25) is 0 Å². The van der Waals surface area contributed by atoms with E-state index in [1.165, 1.54) is 53.6 Å². The first kappa shape index (κ1) is 22.0. The van der Waals surface area contributed by atoms with Crippen LogP contribution in [0.15, 0.2) is 72.0 Å². The van der Waals surface area contributed by atoms with Crippen molar-refractivity contribution >= 4 is 10.1 Å². The first-order valence-corrected chi connectivity index (χ1v) is 11.2. The lowest BCUT2D eigenvalue weighted by molar-refractivity contribution is 0.447. The third kappa shape index (κ3) is 6.17. The van der Waals surface area contributed by atoms with Crippen molar-refractivity contribution in [2.24, 2.45) is 5.73 Å². The van der Waals surface area contributed by atoms with E-state index in [4.69, 9.17) is 10.3 Å². The van der Waals surface area contributed by atoms with Gasteiger partial charge in [0.25, 0.3) is 0 Å². The van der Waals surface area contributed by atoms with Crippen LogP contribution in [0.3, 0.4) is 0 Å². The Kier molecular flexibility index (Phi) is 7.64. The van der Waals surface area contributed by atoms with Crippen LogP contribution in [0.4, 0.5) is 0 Å². The Morgan fingerprint density at radius 3 is 2.37 bits per heavy atom. The zero-order valence-corrected chi connectivity index (χ0v) is 17.4. The summed E-state index contributed by atoms with van der Waals surface area (Å²) >= 11 is 0. The minimum absolute atomic E-state index is 0.324. The maximum atomic E-state index is 10.3. The summed E-state index contributed by atoms with van der Waals surface area (Å²) in [6, 6.07) is 17.4. The van der Waals surface area contributed by atoms with Gasteiger partial charge in [-0.25, -0.2) is 4.98 Å². The van der Waals surface area contributed by atoms with Gasteiger partial charge in [-0.1, -0.05) is 36.4 Å². The van der Waals surface area contributed by atoms with Crippen LogP contribution < -0.4 is 11.1 Å². The highest BCUT2D eigenvalue weighted by atomic mass is 32.2. The van der Waals surface area contributed by atoms with E-state index in [1.54, 1.807) is 6.07 Å². The molecule has 7 nitrogen and oxygen atoms in total. The van der Waals surface area contributed by atoms with Crippen LogP contribution in [-0.4, -0.2) is 22.9 Å². The molecule has 158 valence electrons. The molecular weight excluding hydrogens is 400 g/mol. The molecule has 30 heavy (non-hydrogen) atoms. The number of aryl methyl sites for hydroxylation is 1. The summed E-state index contributed by atoms with van der Waals surface area (Å²) in [5.41, 5.74) is 10.7. The van der Waals surface area contributed by atoms with Gasteiger partial charge in [-0.3, -0.25) is 9.54 Å². The standard InChI is InChI=1S/C17H21N3.C5H5NO3S/c18-11-13-6-8-14(9-7-13)12-20-16-5-1-3-15-4-2-10-19-17(15)16;7-10(8,9)5-3-1-2-4-6-5/h2,4,6-10,16,20H,1,3,5,11-12,18H2;1-4H,(H,7,8,9). The maximum absolute atomic E-state index is 10.3. The Balaban J connectivity index is 0.000000216. The summed E-state index contributed by atoms with van der Waals surface area (Å²) in [6.45, 7) is 1.49. The normalized spacial score (nSPS) is 15.6. The zero-order chi connectivity index (χ0) is 21.4. The summed E-state index contributed by atoms with van der Waals surface area (Å²) in [6.07, 6.45) is 6.76. The second kappa shape index (κ2) is 10.4. The molecule has 2 aromatic heterocycles. The first-order chi connectivity index (χ1) is 14.5. The highest BCUT2D eigenvalue weighted by Gasteiger charge is 2.20. The fraction of sp³-hybridized carbons (Fsp3) is 0.273. The van der Waals surface area contributed by atoms with E-state index in [2.05, 4.69) is 45.6 Å². The van der Waals surface area contributed by atoms with E-state index in [9.17, 15) is 8.42 Å². The highest BCUT2D eigenvalue weighted by Crippen LogP contribution is 2.27. The van der Waals surface area contributed by atoms with Crippen molar-refractivity contribution in [3.05, 3.63) is 89.4 Å². The Morgan fingerprint density at radius 2 is 1.73 bits per heavy atom. The van der Waals surface area contributed by atoms with Crippen LogP contribution in [0, 0.1) is 0 Å². The summed E-state index contributed by atoms with van der Waals surface area (Å²) < 4.78 is 29.1. The number of hydrogen-bond acceptors (Lipinski definition) is 6. The Morgan fingerprint density at radius 1 is 1.00 bits per heavy atom. The molecule has 1 aliphatic rings. The number of rotatable bonds is 5. The summed E-state index contributed by atoms with van der Waals surface area (Å²) in [4.78, 5) is 7.97. The van der Waals surface area contributed by atoms with Gasteiger partial charge >= 0.3 is 10.1 Å². The van der Waals surface area contributed by atoms with Crippen LogP contribution in [0.1, 0.15) is 41.3 Å². The second-order valence-electron chi connectivity index (χ2n) is 7.04. The molecule has 0 fully saturated rings. The average Bonchev–Trinajstić information content (AvgIpc) is 2.78. The Labute approximate surface area is 177 Å². The fourth-order valence-corrected chi connectivity index (χ4v) is 3.79. The van der Waals surface area contributed by atoms with E-state index in [-0.39, 0.29) is 5.03 Å². The molecule has 1 atom stereocenters. The lowest BCUT2D eigenvalue weighted by atomic mass is 9.92. The molecule has 1 aromatic carbocycles. The number of nitrogens with one attached hydrogen (secondary N) is 1. The predicted molar refractivity (Wildman–Crippen MR) is 115 cm³/mol. The summed E-state index contributed by atoms with van der Waals surface area (Å²) in [5.74, 6) is 0. The lowest BCUT2D eigenvalue weighted by Gasteiger charge is -2.25. The number of benzene rings is 1. The molecule has 4 N–H and O–H groups in total. The molecule has 1 unspecified atom stereocenters. The van der Waals surface area contributed by atoms with Crippen LogP contribution >= 0.6 is 0 Å². The van der Waals surface area contributed by atoms with Gasteiger partial charge in [-0.05, 0) is 54.2 Å². The van der Waals surface area contributed by atoms with Crippen molar-refractivity contribution in [1.82, 2.24) is 15.3 Å². The largest absolute Gasteiger partial charge is 0.326 e. The van der Waals surface area contributed by atoms with E-state index in [0.717, 1.165) is 13.0 Å². The Hall–Kier alpha value is -2.65. The number of aromatic nitrogens is 2. The highest BCUT2D eigenvalue weighted by molar-refractivity contribution is 7.85. The van der Waals surface area contributed by atoms with Gasteiger partial charge in [0.15, 0.2) is 5.03 Å². The van der Waals surface area contributed by atoms with Crippen LogP contribution in [0.5, 0.6) is 0 Å². The smallest absolute Gasteiger partial charge is 0.312 e. The SMILES string of the molecule is NCc1ccc(CNC2CCCc3cccnc32)cc1.O=S(=O)(O)c1ccccn1. The second-order valence-corrected chi connectivity index (χ2v) is 8.41. The number of pyridine rings is 2. The van der Waals surface area contributed by atoms with Crippen molar-refractivity contribution < 1.29 is 13.0 Å². The quantitative estimate of drug-likeness (QED) is 0.537. The summed E-state index contributed by atoms with van der Waals surface area (Å²) in [7, 11) is -4.11. The van der Waals surface area contributed by atoms with Crippen LogP contribution in [-0.2, 0) is 29.6 Å². The van der Waals surface area contributed by atoms with Gasteiger partial charge < -0.3 is 11.1 Å². The molecule has 0 saturated heterocycles. The monoisotopic (exact) mass is 426 g/mol. The van der Waals surface area contributed by atoms with Crippen molar-refractivity contribution in [3.63, 3.8) is 0 Å². The third-order valence-electron chi connectivity index (χ3n) is 4.91. The number of fused-ring (bicyclic) bond motifs is 1. The minimum Gasteiger partial charge on any atom is -0.326 e. The van der Waals surface area contributed by atoms with Gasteiger partial charge in [0, 0.05) is 25.5 Å². The molecule has 2 heterocycles. The van der Waals surface area contributed by atoms with E-state index in [0.29, 0.717) is 12.6 Å². The third-order valence-corrected chi connectivity index (χ3v) is 5.68. The molecule has 3 aromatic rings. The van der Waals surface area contributed by atoms with Gasteiger partial charge in [0.1, 0.15) is 0 Å². The van der Waals surface area contributed by atoms with Crippen molar-refractivity contribution in [2.45, 2.75) is 43.4 Å². The molecule has 0 saturated carbocycles. The topological polar surface area (TPSA) is 118 Å². The van der Waals surface area contributed by atoms with E-state index in [1.807, 2.05) is 12.3 Å². The predicted octanol–water partition coefficient (Wildman–Crippen LogP) is 3.04. The van der Waals surface area contributed by atoms with Crippen molar-refractivity contribution in [1.29, 1.82) is 0 Å². The van der Waals surface area contributed by atoms with Crippen LogP contribution in [0.25, 0.3) is 0 Å². The fourth-order valence-electron chi connectivity index (χ4n) is 3.34. The van der Waals surface area contributed by atoms with E-state index >= 15 is 0 Å². The maximum Gasteiger partial charge on any atom is 0.312 e. The van der Waals surface area contributed by atoms with Crippen molar-refractivity contribution in [2.75, 3.05) is 0 Å². The molecule has 0 spiro atoms. The molecule has 1 aliphatic carbocycles. The molecular formula is C22H26N4O3S. The molecule has 0 radical (unpaired) electrons. The van der Waals surface area contributed by atoms with E-state index < -0.39 is 10.1 Å². The van der Waals surface area contributed by atoms with Gasteiger partial charge in [0.05, 0.1) is 11.7 Å². The van der Waals surface area contributed by atoms with Gasteiger partial charge in [-0.2, -0.15) is 8.42 Å². The molecule has 0 amide bonds. The number of nitrogens with two attached hydrogens (primary N) is 1. The minimum atomic E-state index is -4.11. The molecule has 8 heteroatoms. The molecule has 0 aliphatic heterocycles. The van der Waals surface area contributed by atoms with Gasteiger partial charge in [-0.15, -0.1) is 0 Å². The Bertz CT molecular complexity index is 1040. The molecule has 0 bridgehead atoms. The average molecular weight is 427 g/mol. The first-order valence-electron chi connectivity index (χ1n) is 9.81. The number of nitrogens with zero attached hydrogens (tertiary/aromatic N) is 2. The summed E-state index contributed by atoms with van der Waals surface area (Å²) in [5, 5.41) is 3.31. The van der Waals surface area contributed by atoms with Crippen LogP contribution in [0.2, 0.25) is 0 Å².